The number of aliphatic carboxylic acids is 1. The maximum absolute atomic E-state index is 12.7. The van der Waals surface area contributed by atoms with Gasteiger partial charge in [0.1, 0.15) is 17.5 Å². The van der Waals surface area contributed by atoms with Gasteiger partial charge in [-0.25, -0.2) is 4.79 Å². The molecule has 0 fully saturated rings. The molecule has 4 aromatic carbocycles. The fraction of sp³-hybridized carbons (Fsp3) is 0.189. The molecule has 9 heteroatoms. The second-order valence-electron chi connectivity index (χ2n) is 10.5. The summed E-state index contributed by atoms with van der Waals surface area (Å²) in [6.07, 6.45) is 1.46. The number of allylic oxidation sites excluding steroid dienone is 2. The summed E-state index contributed by atoms with van der Waals surface area (Å²) in [5, 5.41) is 12.6. The number of carboxylic acids is 1. The molecule has 2 N–H and O–H groups in total. The summed E-state index contributed by atoms with van der Waals surface area (Å²) in [5.74, 6) is 0.110. The van der Waals surface area contributed by atoms with Crippen molar-refractivity contribution in [2.75, 3.05) is 13.2 Å². The van der Waals surface area contributed by atoms with Gasteiger partial charge in [0, 0.05) is 30.2 Å². The first-order chi connectivity index (χ1) is 22.1. The van der Waals surface area contributed by atoms with Gasteiger partial charge in [-0.2, -0.15) is 13.2 Å². The maximum atomic E-state index is 12.7. The monoisotopic (exact) mass is 629 g/mol. The van der Waals surface area contributed by atoms with E-state index in [9.17, 15) is 27.9 Å². The Labute approximate surface area is 265 Å². The van der Waals surface area contributed by atoms with E-state index in [-0.39, 0.29) is 12.2 Å². The molecule has 0 saturated heterocycles. The third-order valence-electron chi connectivity index (χ3n) is 6.88. The van der Waals surface area contributed by atoms with Gasteiger partial charge in [-0.15, -0.1) is 0 Å². The van der Waals surface area contributed by atoms with Crippen molar-refractivity contribution in [3.8, 4) is 11.5 Å². The van der Waals surface area contributed by atoms with Crippen molar-refractivity contribution in [1.29, 1.82) is 0 Å². The van der Waals surface area contributed by atoms with E-state index in [1.807, 2.05) is 48.5 Å². The number of halogens is 3. The van der Waals surface area contributed by atoms with E-state index < -0.39 is 23.8 Å². The minimum atomic E-state index is -4.35. The van der Waals surface area contributed by atoms with Crippen molar-refractivity contribution in [1.82, 2.24) is 5.32 Å². The number of carbonyl (C=O) groups is 2. The second kappa shape index (κ2) is 16.1. The molecule has 0 aromatic heterocycles. The molecule has 1 unspecified atom stereocenters. The quantitative estimate of drug-likeness (QED) is 0.0599. The average molecular weight is 630 g/mol. The number of hydrogen-bond acceptors (Lipinski definition) is 5. The van der Waals surface area contributed by atoms with Crippen LogP contribution in [0.5, 0.6) is 11.5 Å². The van der Waals surface area contributed by atoms with Gasteiger partial charge in [0.05, 0.1) is 18.8 Å². The summed E-state index contributed by atoms with van der Waals surface area (Å²) in [4.78, 5) is 24.3. The first-order valence-corrected chi connectivity index (χ1v) is 14.6. The normalized spacial score (nSPS) is 12.5. The van der Waals surface area contributed by atoms with Crippen LogP contribution in [-0.2, 0) is 17.4 Å². The Bertz CT molecular complexity index is 1630. The van der Waals surface area contributed by atoms with Crippen molar-refractivity contribution in [2.24, 2.45) is 0 Å². The number of ether oxygens (including phenoxy) is 2. The van der Waals surface area contributed by atoms with Crippen LogP contribution < -0.4 is 14.8 Å². The van der Waals surface area contributed by atoms with E-state index in [0.717, 1.165) is 23.3 Å². The molecule has 0 bridgehead atoms. The minimum Gasteiger partial charge on any atom is -0.493 e. The number of ketones is 1. The van der Waals surface area contributed by atoms with Crippen molar-refractivity contribution >= 4 is 23.9 Å². The number of nitrogens with one attached hydrogen (secondary N) is 1. The van der Waals surface area contributed by atoms with Crippen molar-refractivity contribution < 1.29 is 37.3 Å². The molecule has 0 aliphatic heterocycles. The summed E-state index contributed by atoms with van der Waals surface area (Å²) < 4.78 is 49.7. The molecule has 6 nitrogen and oxygen atoms in total. The SMILES string of the molecule is C/C(=C\C(=O)c1ccccc1)NC(Cc1ccc(OCCCOc2ccc(/C=C/c3ccc(C(F)(F)F)cc3)cc2)cc1)C(=O)O. The Kier molecular flexibility index (Phi) is 11.8. The van der Waals surface area contributed by atoms with Crippen molar-refractivity contribution in [3.63, 3.8) is 0 Å². The van der Waals surface area contributed by atoms with Gasteiger partial charge in [0.2, 0.25) is 0 Å². The molecular weight excluding hydrogens is 595 g/mol. The molecule has 0 radical (unpaired) electrons. The van der Waals surface area contributed by atoms with Gasteiger partial charge < -0.3 is 19.9 Å². The Morgan fingerprint density at radius 1 is 0.783 bits per heavy atom. The molecule has 0 amide bonds. The number of carboxylic acid groups (broad SMARTS) is 1. The van der Waals surface area contributed by atoms with Crippen LogP contribution in [0.15, 0.2) is 115 Å². The third-order valence-corrected chi connectivity index (χ3v) is 6.88. The molecule has 0 saturated carbocycles. The van der Waals surface area contributed by atoms with E-state index in [1.165, 1.54) is 18.2 Å². The second-order valence-corrected chi connectivity index (χ2v) is 10.5. The first-order valence-electron chi connectivity index (χ1n) is 14.6. The maximum Gasteiger partial charge on any atom is 0.416 e. The lowest BCUT2D eigenvalue weighted by molar-refractivity contribution is -0.139. The number of benzene rings is 4. The van der Waals surface area contributed by atoms with Crippen LogP contribution in [0.1, 0.15) is 46.0 Å². The lowest BCUT2D eigenvalue weighted by atomic mass is 10.1. The zero-order chi connectivity index (χ0) is 32.9. The lowest BCUT2D eigenvalue weighted by Gasteiger charge is -2.16. The van der Waals surface area contributed by atoms with Crippen LogP contribution in [0, 0.1) is 0 Å². The highest BCUT2D eigenvalue weighted by Crippen LogP contribution is 2.29. The van der Waals surface area contributed by atoms with Crippen molar-refractivity contribution in [2.45, 2.75) is 32.0 Å². The van der Waals surface area contributed by atoms with E-state index in [2.05, 4.69) is 5.32 Å². The number of hydrogen-bond donors (Lipinski definition) is 2. The van der Waals surface area contributed by atoms with Gasteiger partial charge in [-0.3, -0.25) is 4.79 Å². The molecular formula is C37H34F3NO5. The molecule has 0 aliphatic carbocycles. The Morgan fingerprint density at radius 3 is 1.83 bits per heavy atom. The summed E-state index contributed by atoms with van der Waals surface area (Å²) in [5.41, 5.74) is 2.67. The zero-order valence-corrected chi connectivity index (χ0v) is 25.2. The van der Waals surface area contributed by atoms with E-state index >= 15 is 0 Å². The fourth-order valence-corrected chi connectivity index (χ4v) is 4.45. The summed E-state index contributed by atoms with van der Waals surface area (Å²) in [6.45, 7) is 2.52. The Morgan fingerprint density at radius 2 is 1.30 bits per heavy atom. The highest BCUT2D eigenvalue weighted by Gasteiger charge is 2.29. The van der Waals surface area contributed by atoms with Gasteiger partial charge in [-0.1, -0.05) is 78.9 Å². The zero-order valence-electron chi connectivity index (χ0n) is 25.2. The average Bonchev–Trinajstić information content (AvgIpc) is 3.04. The molecule has 46 heavy (non-hydrogen) atoms. The van der Waals surface area contributed by atoms with Crippen LogP contribution in [0.25, 0.3) is 12.2 Å². The Balaban J connectivity index is 1.17. The van der Waals surface area contributed by atoms with Gasteiger partial charge >= 0.3 is 12.1 Å². The first kappa shape index (κ1) is 33.6. The predicted octanol–water partition coefficient (Wildman–Crippen LogP) is 8.10. The summed E-state index contributed by atoms with van der Waals surface area (Å²) >= 11 is 0. The molecule has 0 spiro atoms. The Hall–Kier alpha value is -5.31. The highest BCUT2D eigenvalue weighted by molar-refractivity contribution is 6.04. The van der Waals surface area contributed by atoms with Gasteiger partial charge in [-0.05, 0) is 60.0 Å². The number of alkyl halides is 3. The minimum absolute atomic E-state index is 0.204. The van der Waals surface area contributed by atoms with Crippen LogP contribution in [0.3, 0.4) is 0 Å². The molecule has 4 rings (SSSR count). The van der Waals surface area contributed by atoms with E-state index in [4.69, 9.17) is 9.47 Å². The van der Waals surface area contributed by atoms with E-state index in [1.54, 1.807) is 49.4 Å². The van der Waals surface area contributed by atoms with Gasteiger partial charge in [0.25, 0.3) is 0 Å². The van der Waals surface area contributed by atoms with Crippen molar-refractivity contribution in [3.05, 3.63) is 143 Å². The molecule has 238 valence electrons. The lowest BCUT2D eigenvalue weighted by Crippen LogP contribution is -2.37. The predicted molar refractivity (Wildman–Crippen MR) is 172 cm³/mol. The topological polar surface area (TPSA) is 84.9 Å². The molecule has 4 aromatic rings. The molecule has 1 atom stereocenters. The summed E-state index contributed by atoms with van der Waals surface area (Å²) in [6, 6.07) is 27.4. The summed E-state index contributed by atoms with van der Waals surface area (Å²) in [7, 11) is 0. The number of rotatable bonds is 15. The van der Waals surface area contributed by atoms with Crippen LogP contribution in [0.4, 0.5) is 13.2 Å². The smallest absolute Gasteiger partial charge is 0.416 e. The fourth-order valence-electron chi connectivity index (χ4n) is 4.45. The highest BCUT2D eigenvalue weighted by atomic mass is 19.4. The van der Waals surface area contributed by atoms with Crippen LogP contribution >= 0.6 is 0 Å². The molecule has 0 heterocycles. The van der Waals surface area contributed by atoms with Crippen LogP contribution in [-0.4, -0.2) is 36.1 Å². The third kappa shape index (κ3) is 10.7. The number of carbonyl (C=O) groups excluding carboxylic acids is 1. The standard InChI is InChI=1S/C37H34F3NO5/c1-26(24-35(42)30-6-3-2-4-7-30)41-34(36(43)44)25-29-14-20-33(21-15-29)46-23-5-22-45-32-18-12-28(13-19-32)9-8-27-10-16-31(17-11-27)37(38,39)40/h2-4,6-21,24,34,41H,5,22-23,25H2,1H3,(H,43,44)/b9-8+,26-24+. The van der Waals surface area contributed by atoms with E-state index in [0.29, 0.717) is 48.0 Å². The largest absolute Gasteiger partial charge is 0.493 e. The van der Waals surface area contributed by atoms with Gasteiger partial charge in [0.15, 0.2) is 5.78 Å². The molecule has 0 aliphatic rings. The van der Waals surface area contributed by atoms with Crippen LogP contribution in [0.2, 0.25) is 0 Å².